The molecule has 1 aliphatic heterocycles. The van der Waals surface area contributed by atoms with Crippen molar-refractivity contribution in [3.8, 4) is 16.6 Å². The van der Waals surface area contributed by atoms with Crippen LogP contribution in [-0.2, 0) is 20.0 Å². The lowest BCUT2D eigenvalue weighted by molar-refractivity contribution is -0.0425. The summed E-state index contributed by atoms with van der Waals surface area (Å²) in [6.07, 6.45) is 1.21. The number of hydrogen-bond donors (Lipinski definition) is 0. The molecule has 4 rings (SSSR count). The van der Waals surface area contributed by atoms with Crippen molar-refractivity contribution in [3.63, 3.8) is 0 Å². The minimum absolute atomic E-state index is 0.0396. The van der Waals surface area contributed by atoms with Gasteiger partial charge in [-0.3, -0.25) is 0 Å². The number of fused-ring (bicyclic) bond motifs is 2. The van der Waals surface area contributed by atoms with Crippen molar-refractivity contribution in [3.05, 3.63) is 75.7 Å². The molecule has 9 nitrogen and oxygen atoms in total. The maximum atomic E-state index is 12.3. The summed E-state index contributed by atoms with van der Waals surface area (Å²) in [5.41, 5.74) is -1.77. The van der Waals surface area contributed by atoms with E-state index in [1.54, 1.807) is 18.3 Å². The fourth-order valence-electron chi connectivity index (χ4n) is 4.30. The van der Waals surface area contributed by atoms with Crippen molar-refractivity contribution in [2.45, 2.75) is 43.0 Å². The topological polar surface area (TPSA) is 125 Å². The lowest BCUT2D eigenvalue weighted by Crippen LogP contribution is -2.24. The Bertz CT molecular complexity index is 1950. The van der Waals surface area contributed by atoms with Gasteiger partial charge in [0.1, 0.15) is 24.1 Å². The zero-order valence-corrected chi connectivity index (χ0v) is 28.0. The SMILES string of the molecule is CCC(CC(C)C#N)c1ccc(S(=O)(=O)[N-]S(=O)(=O)C(F)(F)F)cc1.CN(C)c1ccc2nc3ccc(=[N+](C)C)cc-3sc2c1. The van der Waals surface area contributed by atoms with E-state index in [0.29, 0.717) is 18.4 Å². The molecule has 0 aromatic heterocycles. The highest BCUT2D eigenvalue weighted by atomic mass is 32.3. The van der Waals surface area contributed by atoms with Gasteiger partial charge < -0.3 is 9.03 Å². The molecule has 2 aromatic carbocycles. The molecule has 0 bridgehead atoms. The molecule has 15 heteroatoms. The number of anilines is 1. The first-order valence-electron chi connectivity index (χ1n) is 13.7. The minimum atomic E-state index is -6.15. The summed E-state index contributed by atoms with van der Waals surface area (Å²) in [6, 6.07) is 19.7. The lowest BCUT2D eigenvalue weighted by Gasteiger charge is -2.22. The second kappa shape index (κ2) is 14.2. The molecule has 242 valence electrons. The van der Waals surface area contributed by atoms with E-state index in [-0.39, 0.29) is 11.8 Å². The van der Waals surface area contributed by atoms with Crippen molar-refractivity contribution >= 4 is 47.3 Å². The van der Waals surface area contributed by atoms with Gasteiger partial charge in [-0.05, 0) is 67.6 Å². The van der Waals surface area contributed by atoms with Crippen molar-refractivity contribution in [2.75, 3.05) is 33.1 Å². The highest BCUT2D eigenvalue weighted by Gasteiger charge is 2.40. The molecule has 0 radical (unpaired) electrons. The van der Waals surface area contributed by atoms with E-state index in [1.807, 2.05) is 11.1 Å². The Morgan fingerprint density at radius 3 is 2.20 bits per heavy atom. The first-order chi connectivity index (χ1) is 20.9. The number of alkyl halides is 3. The molecule has 1 heterocycles. The van der Waals surface area contributed by atoms with Gasteiger partial charge in [-0.25, -0.2) is 26.4 Å². The van der Waals surface area contributed by atoms with E-state index in [4.69, 9.17) is 10.2 Å². The molecule has 45 heavy (non-hydrogen) atoms. The van der Waals surface area contributed by atoms with Crippen molar-refractivity contribution in [1.82, 2.24) is 9.56 Å². The van der Waals surface area contributed by atoms with Crippen LogP contribution in [0.3, 0.4) is 0 Å². The number of nitriles is 1. The van der Waals surface area contributed by atoms with E-state index >= 15 is 0 Å². The Labute approximate surface area is 265 Å². The number of nitrogens with zero attached hydrogens (tertiary/aromatic N) is 5. The monoisotopic (exact) mass is 681 g/mol. The predicted octanol–water partition coefficient (Wildman–Crippen LogP) is 6.14. The lowest BCUT2D eigenvalue weighted by atomic mass is 9.88. The zero-order valence-electron chi connectivity index (χ0n) is 25.6. The van der Waals surface area contributed by atoms with E-state index in [9.17, 15) is 30.0 Å². The molecular weight excluding hydrogens is 648 g/mol. The maximum Gasteiger partial charge on any atom is 0.480 e. The van der Waals surface area contributed by atoms with Crippen LogP contribution in [0.1, 0.15) is 38.2 Å². The summed E-state index contributed by atoms with van der Waals surface area (Å²) in [6.45, 7) is 3.62. The maximum absolute atomic E-state index is 12.3. The second-order valence-electron chi connectivity index (χ2n) is 10.7. The largest absolute Gasteiger partial charge is 0.480 e. The second-order valence-corrected chi connectivity index (χ2v) is 15.2. The molecule has 2 aromatic rings. The summed E-state index contributed by atoms with van der Waals surface area (Å²) in [5.74, 6) is -0.262. The third kappa shape index (κ3) is 9.00. The average Bonchev–Trinajstić information content (AvgIpc) is 2.97. The number of rotatable bonds is 8. The quantitative estimate of drug-likeness (QED) is 0.162. The first kappa shape index (κ1) is 35.9. The van der Waals surface area contributed by atoms with E-state index < -0.39 is 30.5 Å². The number of halogens is 3. The molecule has 2 aliphatic rings. The van der Waals surface area contributed by atoms with Gasteiger partial charge in [-0.2, -0.15) is 18.4 Å². The Kier molecular flexibility index (Phi) is 11.4. The van der Waals surface area contributed by atoms with Crippen molar-refractivity contribution < 1.29 is 30.0 Å². The average molecular weight is 682 g/mol. The van der Waals surface area contributed by atoms with Crippen LogP contribution in [-0.4, -0.2) is 55.5 Å². The molecule has 2 unspecified atom stereocenters. The molecule has 0 spiro atoms. The van der Waals surface area contributed by atoms with Crippen LogP contribution in [0.15, 0.2) is 65.6 Å². The van der Waals surface area contributed by atoms with Gasteiger partial charge in [0.25, 0.3) is 0 Å². The van der Waals surface area contributed by atoms with Crippen molar-refractivity contribution in [1.29, 1.82) is 5.26 Å². The zero-order chi connectivity index (χ0) is 33.7. The summed E-state index contributed by atoms with van der Waals surface area (Å²) in [5, 5.41) is 10.1. The fraction of sp³-hybridized carbons (Fsp3) is 0.367. The number of aromatic nitrogens is 1. The van der Waals surface area contributed by atoms with Crippen LogP contribution >= 0.6 is 11.3 Å². The number of hydrogen-bond acceptors (Lipinski definition) is 8. The fourth-order valence-corrected chi connectivity index (χ4v) is 7.53. The number of benzene rings is 3. The first-order valence-corrected chi connectivity index (χ1v) is 17.4. The summed E-state index contributed by atoms with van der Waals surface area (Å²) >= 11 is 1.80. The van der Waals surface area contributed by atoms with Crippen LogP contribution in [0.4, 0.5) is 18.9 Å². The van der Waals surface area contributed by atoms with Crippen LogP contribution in [0.5, 0.6) is 0 Å². The highest BCUT2D eigenvalue weighted by molar-refractivity contribution is 8.12. The highest BCUT2D eigenvalue weighted by Crippen LogP contribution is 2.34. The molecular formula is C30H34F3N5O4S3. The van der Waals surface area contributed by atoms with Gasteiger partial charge in [-0.15, -0.1) is 11.3 Å². The smallest absolute Gasteiger partial charge is 0.424 e. The molecule has 1 aliphatic carbocycles. The van der Waals surface area contributed by atoms with Gasteiger partial charge in [0.15, 0.2) is 10.0 Å². The van der Waals surface area contributed by atoms with E-state index in [0.717, 1.165) is 23.3 Å². The third-order valence-corrected chi connectivity index (χ3v) is 11.0. The molecule has 0 fully saturated rings. The third-order valence-electron chi connectivity index (χ3n) is 6.87. The standard InChI is InChI=1S/C16H18N3S.C14H16F3N2O4S2/c1-18(2)11-5-7-13-15(9-11)20-16-10-12(19(3)4)6-8-14(16)17-13;1-3-11(8-10(2)9-18)12-4-6-13(7-5-12)24(20,21)19-25(22,23)14(15,16)17/h5-10H,1-4H3;4-7,10-11H,3,8H2,1-2H3/q+1;-1. The Balaban J connectivity index is 0.000000250. The van der Waals surface area contributed by atoms with Crippen LogP contribution in [0, 0.1) is 17.2 Å². The normalized spacial score (nSPS) is 13.4. The number of sulfonamides is 2. The Morgan fingerprint density at radius 1 is 1.02 bits per heavy atom. The Morgan fingerprint density at radius 2 is 1.67 bits per heavy atom. The molecule has 0 amide bonds. The summed E-state index contributed by atoms with van der Waals surface area (Å²) in [7, 11) is -2.93. The summed E-state index contributed by atoms with van der Waals surface area (Å²) < 4.78 is 87.6. The van der Waals surface area contributed by atoms with Crippen LogP contribution in [0.25, 0.3) is 24.9 Å². The van der Waals surface area contributed by atoms with Gasteiger partial charge in [-0.1, -0.05) is 19.1 Å². The van der Waals surface area contributed by atoms with E-state index in [1.165, 1.54) is 32.8 Å². The molecule has 0 saturated heterocycles. The van der Waals surface area contributed by atoms with E-state index in [2.05, 4.69) is 80.1 Å². The predicted molar refractivity (Wildman–Crippen MR) is 172 cm³/mol. The Hall–Kier alpha value is -3.58. The van der Waals surface area contributed by atoms with Crippen molar-refractivity contribution in [2.24, 2.45) is 5.92 Å². The van der Waals surface area contributed by atoms with Crippen LogP contribution in [0.2, 0.25) is 0 Å². The van der Waals surface area contributed by atoms with Gasteiger partial charge in [0, 0.05) is 42.7 Å². The molecule has 2 atom stereocenters. The van der Waals surface area contributed by atoms with Gasteiger partial charge in [0.05, 0.1) is 26.9 Å². The van der Waals surface area contributed by atoms with Gasteiger partial charge in [0.2, 0.25) is 5.36 Å². The van der Waals surface area contributed by atoms with Gasteiger partial charge >= 0.3 is 5.51 Å². The van der Waals surface area contributed by atoms with Crippen LogP contribution < -0.4 is 14.8 Å². The molecule has 0 N–H and O–H groups in total. The molecule has 0 saturated carbocycles. The minimum Gasteiger partial charge on any atom is -0.424 e. The summed E-state index contributed by atoms with van der Waals surface area (Å²) in [4.78, 5) is 7.43.